The van der Waals surface area contributed by atoms with Crippen LogP contribution < -0.4 is 0 Å². The van der Waals surface area contributed by atoms with Crippen molar-refractivity contribution >= 4 is 12.6 Å². The topological polar surface area (TPSA) is 79.2 Å². The zero-order chi connectivity index (χ0) is 10.0. The highest BCUT2D eigenvalue weighted by Crippen LogP contribution is 2.24. The van der Waals surface area contributed by atoms with E-state index in [2.05, 4.69) is 12.6 Å². The summed E-state index contributed by atoms with van der Waals surface area (Å²) >= 11 is 4.02. The largest absolute Gasteiger partial charge is 0.394 e. The van der Waals surface area contributed by atoms with Crippen molar-refractivity contribution < 1.29 is 24.8 Å². The molecule has 0 unspecified atom stereocenters. The van der Waals surface area contributed by atoms with Crippen LogP contribution >= 0.6 is 12.6 Å². The fraction of sp³-hybridized carbons (Fsp3) is 1.00. The summed E-state index contributed by atoms with van der Waals surface area (Å²) in [5.41, 5.74) is 0. The molecule has 0 bridgehead atoms. The van der Waals surface area contributed by atoms with Gasteiger partial charge in [0.25, 0.3) is 0 Å². The summed E-state index contributed by atoms with van der Waals surface area (Å²) in [7, 11) is 1.36. The first-order valence-electron chi connectivity index (χ1n) is 3.95. The van der Waals surface area contributed by atoms with Gasteiger partial charge in [-0.1, -0.05) is 0 Å². The van der Waals surface area contributed by atoms with E-state index < -0.39 is 29.9 Å². The van der Waals surface area contributed by atoms with E-state index in [9.17, 15) is 10.2 Å². The highest BCUT2D eigenvalue weighted by Gasteiger charge is 2.42. The van der Waals surface area contributed by atoms with Gasteiger partial charge >= 0.3 is 0 Å². The Hall–Kier alpha value is 0.150. The highest BCUT2D eigenvalue weighted by molar-refractivity contribution is 7.81. The van der Waals surface area contributed by atoms with Crippen molar-refractivity contribution in [1.82, 2.24) is 0 Å². The molecule has 1 fully saturated rings. The van der Waals surface area contributed by atoms with E-state index in [1.54, 1.807) is 0 Å². The smallest absolute Gasteiger partial charge is 0.186 e. The summed E-state index contributed by atoms with van der Waals surface area (Å²) in [6.07, 6.45) is -3.71. The molecule has 0 spiro atoms. The van der Waals surface area contributed by atoms with E-state index in [0.29, 0.717) is 0 Å². The zero-order valence-corrected chi connectivity index (χ0v) is 8.09. The van der Waals surface area contributed by atoms with Crippen LogP contribution in [-0.4, -0.2) is 58.9 Å². The average Bonchev–Trinajstić information content (AvgIpc) is 2.15. The maximum absolute atomic E-state index is 9.45. The lowest BCUT2D eigenvalue weighted by Crippen LogP contribution is -2.57. The van der Waals surface area contributed by atoms with E-state index in [1.807, 2.05) is 0 Å². The molecule has 3 N–H and O–H groups in total. The summed E-state index contributed by atoms with van der Waals surface area (Å²) in [6.45, 7) is -0.266. The third kappa shape index (κ3) is 2.15. The molecule has 0 aromatic rings. The molecule has 13 heavy (non-hydrogen) atoms. The second-order valence-electron chi connectivity index (χ2n) is 2.93. The maximum Gasteiger partial charge on any atom is 0.186 e. The van der Waals surface area contributed by atoms with Crippen LogP contribution in [0, 0.1) is 0 Å². The van der Waals surface area contributed by atoms with Crippen LogP contribution in [0.1, 0.15) is 0 Å². The fourth-order valence-corrected chi connectivity index (χ4v) is 1.60. The summed E-state index contributed by atoms with van der Waals surface area (Å²) in [5, 5.41) is 27.1. The van der Waals surface area contributed by atoms with E-state index in [4.69, 9.17) is 14.6 Å². The number of thiol groups is 1. The standard InChI is InChI=1S/C7H14O5S/c1-11-7-5(10)4(9)6(13)3(2-8)12-7/h3-10,13H,2H2,1H3/t3-,4-,5-,6-,7-/m0/s1. The molecular formula is C7H14O5S. The molecular weight excluding hydrogens is 196 g/mol. The normalized spacial score (nSPS) is 46.4. The summed E-state index contributed by atoms with van der Waals surface area (Å²) in [4.78, 5) is 0. The number of methoxy groups -OCH3 is 1. The molecule has 78 valence electrons. The number of aliphatic hydroxyl groups excluding tert-OH is 3. The first kappa shape index (κ1) is 11.2. The van der Waals surface area contributed by atoms with Gasteiger partial charge in [-0.15, -0.1) is 0 Å². The molecule has 5 nitrogen and oxygen atoms in total. The Labute approximate surface area is 81.7 Å². The molecule has 0 amide bonds. The predicted octanol–water partition coefficient (Wildman–Crippen LogP) is -1.63. The van der Waals surface area contributed by atoms with Gasteiger partial charge in [0.2, 0.25) is 0 Å². The molecule has 1 aliphatic heterocycles. The lowest BCUT2D eigenvalue weighted by molar-refractivity contribution is -0.259. The lowest BCUT2D eigenvalue weighted by atomic mass is 10.0. The van der Waals surface area contributed by atoms with Crippen molar-refractivity contribution in [3.8, 4) is 0 Å². The number of rotatable bonds is 2. The second-order valence-corrected chi connectivity index (χ2v) is 3.53. The third-order valence-corrected chi connectivity index (χ3v) is 2.72. The SMILES string of the molecule is CO[C@H]1O[C@@H](CO)[C@H](S)[C@@H](O)[C@@H]1O. The Morgan fingerprint density at radius 2 is 2.00 bits per heavy atom. The van der Waals surface area contributed by atoms with Crippen molar-refractivity contribution in [3.63, 3.8) is 0 Å². The van der Waals surface area contributed by atoms with Crippen molar-refractivity contribution in [2.75, 3.05) is 13.7 Å². The minimum absolute atomic E-state index is 0.266. The number of hydrogen-bond donors (Lipinski definition) is 4. The summed E-state index contributed by atoms with van der Waals surface area (Å²) in [6, 6.07) is 0. The van der Waals surface area contributed by atoms with Crippen LogP contribution in [0.5, 0.6) is 0 Å². The van der Waals surface area contributed by atoms with E-state index in [-0.39, 0.29) is 6.61 Å². The molecule has 0 saturated carbocycles. The van der Waals surface area contributed by atoms with Gasteiger partial charge in [-0.05, 0) is 0 Å². The van der Waals surface area contributed by atoms with Crippen molar-refractivity contribution in [2.45, 2.75) is 29.9 Å². The van der Waals surface area contributed by atoms with Crippen molar-refractivity contribution in [2.24, 2.45) is 0 Å². The molecule has 0 aliphatic carbocycles. The van der Waals surface area contributed by atoms with Gasteiger partial charge in [0.1, 0.15) is 6.10 Å². The molecule has 5 atom stereocenters. The van der Waals surface area contributed by atoms with E-state index in [1.165, 1.54) is 7.11 Å². The maximum atomic E-state index is 9.45. The Kier molecular flexibility index (Phi) is 3.96. The molecule has 0 aromatic carbocycles. The van der Waals surface area contributed by atoms with Crippen molar-refractivity contribution in [3.05, 3.63) is 0 Å². The molecule has 0 radical (unpaired) electrons. The predicted molar refractivity (Wildman–Crippen MR) is 47.5 cm³/mol. The molecule has 6 heteroatoms. The Morgan fingerprint density at radius 3 is 2.46 bits per heavy atom. The molecule has 1 aliphatic rings. The number of aliphatic hydroxyl groups is 3. The monoisotopic (exact) mass is 210 g/mol. The third-order valence-electron chi connectivity index (χ3n) is 2.08. The quantitative estimate of drug-likeness (QED) is 0.412. The van der Waals surface area contributed by atoms with Gasteiger partial charge in [-0.2, -0.15) is 12.6 Å². The zero-order valence-electron chi connectivity index (χ0n) is 7.20. The Bertz CT molecular complexity index is 147. The average molecular weight is 210 g/mol. The van der Waals surface area contributed by atoms with Gasteiger partial charge in [-0.25, -0.2) is 0 Å². The number of hydrogen-bond acceptors (Lipinski definition) is 6. The van der Waals surface area contributed by atoms with Crippen LogP contribution in [0.3, 0.4) is 0 Å². The first-order chi connectivity index (χ1) is 6.11. The highest BCUT2D eigenvalue weighted by atomic mass is 32.1. The first-order valence-corrected chi connectivity index (χ1v) is 4.46. The molecule has 1 saturated heterocycles. The van der Waals surface area contributed by atoms with Crippen LogP contribution in [0.2, 0.25) is 0 Å². The molecule has 1 rings (SSSR count). The van der Waals surface area contributed by atoms with Crippen molar-refractivity contribution in [1.29, 1.82) is 0 Å². The van der Waals surface area contributed by atoms with Gasteiger partial charge in [0.05, 0.1) is 24.1 Å². The van der Waals surface area contributed by atoms with E-state index in [0.717, 1.165) is 0 Å². The summed E-state index contributed by atoms with van der Waals surface area (Å²) in [5.74, 6) is 0. The minimum atomic E-state index is -1.13. The number of ether oxygens (including phenoxy) is 2. The van der Waals surface area contributed by atoms with Gasteiger partial charge < -0.3 is 24.8 Å². The minimum Gasteiger partial charge on any atom is -0.394 e. The molecule has 1 heterocycles. The lowest BCUT2D eigenvalue weighted by Gasteiger charge is -2.39. The van der Waals surface area contributed by atoms with Gasteiger partial charge in [0.15, 0.2) is 6.29 Å². The van der Waals surface area contributed by atoms with Crippen LogP contribution in [0.4, 0.5) is 0 Å². The van der Waals surface area contributed by atoms with E-state index >= 15 is 0 Å². The molecule has 0 aromatic heterocycles. The van der Waals surface area contributed by atoms with Crippen LogP contribution in [0.15, 0.2) is 0 Å². The second kappa shape index (κ2) is 4.59. The van der Waals surface area contributed by atoms with Gasteiger partial charge in [0, 0.05) is 7.11 Å². The summed E-state index contributed by atoms with van der Waals surface area (Å²) < 4.78 is 9.90. The Balaban J connectivity index is 2.66. The fourth-order valence-electron chi connectivity index (χ4n) is 1.26. The Morgan fingerprint density at radius 1 is 1.38 bits per heavy atom. The van der Waals surface area contributed by atoms with Crippen LogP contribution in [0.25, 0.3) is 0 Å². The van der Waals surface area contributed by atoms with Gasteiger partial charge in [-0.3, -0.25) is 0 Å². The van der Waals surface area contributed by atoms with Crippen LogP contribution in [-0.2, 0) is 9.47 Å².